The van der Waals surface area contributed by atoms with Crippen molar-refractivity contribution in [1.82, 2.24) is 76.4 Å². The van der Waals surface area contributed by atoms with E-state index >= 15 is 0 Å². The van der Waals surface area contributed by atoms with Gasteiger partial charge in [0.25, 0.3) is 0 Å². The van der Waals surface area contributed by atoms with Crippen LogP contribution in [-0.2, 0) is 25.7 Å². The lowest BCUT2D eigenvalue weighted by Crippen LogP contribution is -2.27. The molecule has 700 valence electrons. The lowest BCUT2D eigenvalue weighted by Gasteiger charge is -2.26. The van der Waals surface area contributed by atoms with Crippen LogP contribution >= 0.6 is 0 Å². The molecule has 16 rings (SSSR count). The van der Waals surface area contributed by atoms with E-state index in [-0.39, 0.29) is 89.4 Å². The van der Waals surface area contributed by atoms with E-state index in [2.05, 4.69) is 73.9 Å². The lowest BCUT2D eigenvalue weighted by molar-refractivity contribution is 0.0223. The minimum Gasteiger partial charge on any atom is -0.361 e. The lowest BCUT2D eigenvalue weighted by atomic mass is 9.87. The van der Waals surface area contributed by atoms with Gasteiger partial charge in [0, 0.05) is 94.6 Å². The van der Waals surface area contributed by atoms with Crippen molar-refractivity contribution in [2.75, 3.05) is 42.1 Å². The van der Waals surface area contributed by atoms with Gasteiger partial charge in [-0.25, -0.2) is 67.8 Å². The maximum absolute atomic E-state index is 13.5. The first-order valence-electron chi connectivity index (χ1n) is 44.5. The summed E-state index contributed by atoms with van der Waals surface area (Å²) in [6, 6.07) is 36.2. The van der Waals surface area contributed by atoms with Gasteiger partial charge in [-0.05, 0) is 290 Å². The molecule has 30 heteroatoms. The first-order chi connectivity index (χ1) is 60.8. The van der Waals surface area contributed by atoms with Crippen molar-refractivity contribution in [3.63, 3.8) is 0 Å². The molecule has 3 atom stereocenters. The standard InChI is InChI=1S/C25H33N5O2.C24H30FN5O2.C24H31N5O2.C23H28FN5O2.4CH4/c1-5-32-19(4)29-16-23(30(25(29)31)21-8-6-7-18(3)15-21)22-13-14-26-24(28-22)27-20-11-9-17(2)10-12-20;1-16(2)32-15-29-14-22(30(24(29)31)20-10-6-18(25)7-11-20)21-12-13-26-23(28-21)27-19-8-4-17(3)5-9-19;1-16-8-10-19(11-9-16)26-23-25-13-12-21(27-23)22-15-28(18(3)31-4)24(30)29(22)20-7-5-6-17(2)14-20;1-15-4-8-18(9-5-15)26-22-25-13-12-20(27-22)21-14-28(16(2)31-3)23(30)29(21)19-10-6-17(24)7-11-19;;;;/h6-8,13-17,19-20H,5,9-12H2,1-4H3,(H,26,27,28);6-7,10-14,16-17,19H,4-5,8-9,15H2,1-3H3,(H,26,27,28);5-7,12-16,18-19H,8-11H2,1-4H3,(H,25,26,27);6-7,10-16,18H,4-5,8-9H2,1-3H3,(H,25,26,27);4*1H4. The summed E-state index contributed by atoms with van der Waals surface area (Å²) in [5.74, 6) is 4.68. The third-order valence-electron chi connectivity index (χ3n) is 24.3. The number of ether oxygens (including phenoxy) is 4. The molecule has 4 aromatic carbocycles. The zero-order valence-corrected chi connectivity index (χ0v) is 75.0. The van der Waals surface area contributed by atoms with Gasteiger partial charge in [0.1, 0.15) is 37.0 Å². The van der Waals surface area contributed by atoms with Crippen molar-refractivity contribution in [3.8, 4) is 68.3 Å². The number of aromatic nitrogens is 16. The van der Waals surface area contributed by atoms with Crippen molar-refractivity contribution in [3.05, 3.63) is 236 Å². The van der Waals surface area contributed by atoms with Crippen LogP contribution < -0.4 is 44.0 Å². The van der Waals surface area contributed by atoms with Gasteiger partial charge in [-0.15, -0.1) is 0 Å². The number of benzene rings is 4. The van der Waals surface area contributed by atoms with E-state index in [9.17, 15) is 28.0 Å². The topological polar surface area (TPSA) is 296 Å². The molecule has 4 saturated carbocycles. The maximum Gasteiger partial charge on any atom is 0.335 e. The zero-order valence-electron chi connectivity index (χ0n) is 75.0. The summed E-state index contributed by atoms with van der Waals surface area (Å²) in [5.41, 5.74) is 9.23. The molecular formula is C100H138F2N20O8. The summed E-state index contributed by atoms with van der Waals surface area (Å²) in [6.07, 6.45) is 31.3. The summed E-state index contributed by atoms with van der Waals surface area (Å²) < 4.78 is 61.7. The molecule has 130 heavy (non-hydrogen) atoms. The van der Waals surface area contributed by atoms with Gasteiger partial charge < -0.3 is 40.2 Å². The Hall–Kier alpha value is -11.9. The second-order valence-electron chi connectivity index (χ2n) is 34.4. The van der Waals surface area contributed by atoms with Crippen molar-refractivity contribution in [1.29, 1.82) is 0 Å². The summed E-state index contributed by atoms with van der Waals surface area (Å²) >= 11 is 0. The van der Waals surface area contributed by atoms with E-state index in [4.69, 9.17) is 33.9 Å². The highest BCUT2D eigenvalue weighted by Gasteiger charge is 2.29. The van der Waals surface area contributed by atoms with Gasteiger partial charge in [0.2, 0.25) is 23.8 Å². The van der Waals surface area contributed by atoms with Crippen molar-refractivity contribution in [2.24, 2.45) is 23.7 Å². The summed E-state index contributed by atoms with van der Waals surface area (Å²) in [5, 5.41) is 13.9. The first-order valence-corrected chi connectivity index (χ1v) is 44.5. The van der Waals surface area contributed by atoms with E-state index < -0.39 is 6.23 Å². The molecule has 0 bridgehead atoms. The number of hydrogen-bond acceptors (Lipinski definition) is 20. The predicted octanol–water partition coefficient (Wildman–Crippen LogP) is 21.1. The van der Waals surface area contributed by atoms with E-state index in [0.717, 1.165) is 103 Å². The number of hydrogen-bond donors (Lipinski definition) is 4. The Kier molecular flexibility index (Phi) is 37.3. The van der Waals surface area contributed by atoms with Crippen LogP contribution in [0.4, 0.5) is 32.6 Å². The fourth-order valence-electron chi connectivity index (χ4n) is 16.6. The minimum atomic E-state index is -0.461. The Morgan fingerprint density at radius 3 is 0.938 bits per heavy atom. The maximum atomic E-state index is 13.5. The van der Waals surface area contributed by atoms with Crippen LogP contribution in [0.3, 0.4) is 0 Å². The molecule has 0 aliphatic heterocycles. The Morgan fingerprint density at radius 2 is 0.654 bits per heavy atom. The molecule has 4 aliphatic rings. The Bertz CT molecular complexity index is 5800. The Balaban J connectivity index is 0.000000193. The van der Waals surface area contributed by atoms with Crippen LogP contribution in [0.2, 0.25) is 0 Å². The molecule has 4 N–H and O–H groups in total. The van der Waals surface area contributed by atoms with E-state index in [1.807, 2.05) is 122 Å². The zero-order chi connectivity index (χ0) is 89.2. The number of aryl methyl sites for hydroxylation is 2. The average molecular weight is 1790 g/mol. The second kappa shape index (κ2) is 47.6. The molecule has 0 radical (unpaired) electrons. The molecule has 28 nitrogen and oxygen atoms in total. The molecule has 3 unspecified atom stereocenters. The Labute approximate surface area is 764 Å². The molecule has 8 heterocycles. The van der Waals surface area contributed by atoms with Gasteiger partial charge in [0.05, 0.1) is 74.4 Å². The molecule has 12 aromatic rings. The molecule has 4 aliphatic carbocycles. The predicted molar refractivity (Wildman–Crippen MR) is 517 cm³/mol. The quantitative estimate of drug-likeness (QED) is 0.0392. The molecule has 0 spiro atoms. The minimum absolute atomic E-state index is 0. The highest BCUT2D eigenvalue weighted by molar-refractivity contribution is 5.63. The van der Waals surface area contributed by atoms with Gasteiger partial charge in [0.15, 0.2) is 0 Å². The summed E-state index contributed by atoms with van der Waals surface area (Å²) in [6.45, 7) is 25.1. The normalized spacial score (nSPS) is 18.9. The van der Waals surface area contributed by atoms with Crippen molar-refractivity contribution < 1.29 is 27.7 Å². The van der Waals surface area contributed by atoms with Crippen molar-refractivity contribution in [2.45, 2.75) is 271 Å². The van der Waals surface area contributed by atoms with Crippen LogP contribution in [0.25, 0.3) is 68.3 Å². The number of halogens is 2. The average Bonchev–Trinajstić information content (AvgIpc) is 1.62. The van der Waals surface area contributed by atoms with E-state index in [1.54, 1.807) is 113 Å². The van der Waals surface area contributed by atoms with Crippen LogP contribution in [-0.4, -0.2) is 128 Å². The smallest absolute Gasteiger partial charge is 0.335 e. The first kappa shape index (κ1) is 102. The molecular weight excluding hydrogens is 1650 g/mol. The number of nitrogens with one attached hydrogen (secondary N) is 4. The van der Waals surface area contributed by atoms with Crippen molar-refractivity contribution >= 4 is 23.8 Å². The van der Waals surface area contributed by atoms with Gasteiger partial charge in [-0.2, -0.15) is 0 Å². The summed E-state index contributed by atoms with van der Waals surface area (Å²) in [4.78, 5) is 89.7. The highest BCUT2D eigenvalue weighted by Crippen LogP contribution is 2.34. The van der Waals surface area contributed by atoms with Crippen LogP contribution in [0.15, 0.2) is 190 Å². The summed E-state index contributed by atoms with van der Waals surface area (Å²) in [7, 11) is 3.14. The third-order valence-corrected chi connectivity index (χ3v) is 24.3. The second-order valence-corrected chi connectivity index (χ2v) is 34.4. The van der Waals surface area contributed by atoms with Crippen LogP contribution in [0, 0.1) is 49.2 Å². The number of anilines is 4. The van der Waals surface area contributed by atoms with Gasteiger partial charge in [-0.1, -0.05) is 81.7 Å². The SMILES string of the molecule is C.C.C.C.CC1CCC(Nc2nccc(-c3cn(COC(C)C)c(=O)n3-c3ccc(F)cc3)n2)CC1.CCOC(C)n1cc(-c2ccnc(NC3CCC(C)CC3)n2)n(-c2cccc(C)c2)c1=O.COC(C)n1cc(-c2ccnc(NC3CCC(C)CC3)n2)n(-c2ccc(F)cc2)c1=O.COC(C)n1cc(-c2ccnc(NC3CCC(C)CC3)n2)n(-c2cccc(C)c2)c1=O. The molecule has 0 amide bonds. The Morgan fingerprint density at radius 1 is 0.369 bits per heavy atom. The third kappa shape index (κ3) is 25.8. The number of imidazole rings is 4. The number of nitrogens with zero attached hydrogens (tertiary/aromatic N) is 16. The van der Waals surface area contributed by atoms with E-state index in [1.165, 1.54) is 93.9 Å². The number of methoxy groups -OCH3 is 2. The van der Waals surface area contributed by atoms with Crippen LogP contribution in [0.1, 0.15) is 231 Å². The van der Waals surface area contributed by atoms with Gasteiger partial charge >= 0.3 is 22.8 Å². The van der Waals surface area contributed by atoms with Crippen LogP contribution in [0.5, 0.6) is 0 Å². The molecule has 0 saturated heterocycles. The van der Waals surface area contributed by atoms with Gasteiger partial charge in [-0.3, -0.25) is 36.5 Å². The van der Waals surface area contributed by atoms with E-state index in [0.29, 0.717) is 106 Å². The molecule has 4 fully saturated rings. The fourth-order valence-corrected chi connectivity index (χ4v) is 16.6. The largest absolute Gasteiger partial charge is 0.361 e. The number of rotatable bonds is 26. The monoisotopic (exact) mass is 1790 g/mol. The molecule has 8 aromatic heterocycles. The highest BCUT2D eigenvalue weighted by atomic mass is 19.1. The fraction of sp³-hybridized carbons (Fsp3) is 0.480.